The molecule has 0 unspecified atom stereocenters. The van der Waals surface area contributed by atoms with E-state index in [2.05, 4.69) is 9.62 Å². The van der Waals surface area contributed by atoms with Gasteiger partial charge in [-0.25, -0.2) is 4.31 Å². The molecule has 4 N–H and O–H groups in total. The van der Waals surface area contributed by atoms with Crippen LogP contribution in [0.25, 0.3) is 0 Å². The third-order valence-corrected chi connectivity index (χ3v) is 6.22. The van der Waals surface area contributed by atoms with Crippen molar-refractivity contribution >= 4 is 34.2 Å². The van der Waals surface area contributed by atoms with Gasteiger partial charge in [0.1, 0.15) is 5.00 Å². The van der Waals surface area contributed by atoms with E-state index in [1.165, 1.54) is 0 Å². The van der Waals surface area contributed by atoms with Crippen LogP contribution in [0.3, 0.4) is 0 Å². The molecule has 1 saturated heterocycles. The molecular weight excluding hydrogens is 306 g/mol. The van der Waals surface area contributed by atoms with Crippen LogP contribution in [0, 0.1) is 5.92 Å². The van der Waals surface area contributed by atoms with Gasteiger partial charge in [0.05, 0.1) is 15.4 Å². The topological polar surface area (TPSA) is 78.6 Å². The predicted octanol–water partition coefficient (Wildman–Crippen LogP) is 2.38. The molecule has 1 amide bonds. The second-order valence-corrected chi connectivity index (χ2v) is 8.32. The Labute approximate surface area is 134 Å². The van der Waals surface area contributed by atoms with Gasteiger partial charge in [-0.05, 0) is 50.6 Å². The van der Waals surface area contributed by atoms with E-state index in [1.807, 2.05) is 19.9 Å². The molecule has 0 saturated carbocycles. The molecule has 0 radical (unpaired) electrons. The van der Waals surface area contributed by atoms with Crippen molar-refractivity contribution in [3.63, 3.8) is 0 Å². The fourth-order valence-electron chi connectivity index (χ4n) is 2.56. The highest BCUT2D eigenvalue weighted by Crippen LogP contribution is 2.38. The average Bonchev–Trinajstić information content (AvgIpc) is 2.81. The van der Waals surface area contributed by atoms with Gasteiger partial charge in [0, 0.05) is 20.1 Å². The maximum absolute atomic E-state index is 11.4. The summed E-state index contributed by atoms with van der Waals surface area (Å²) in [6.45, 7) is 5.66. The Morgan fingerprint density at radius 1 is 1.52 bits per heavy atom. The molecule has 0 aliphatic carbocycles. The molecule has 1 fully saturated rings. The summed E-state index contributed by atoms with van der Waals surface area (Å²) in [6, 6.07) is 1.85. The number of piperidine rings is 1. The zero-order valence-electron chi connectivity index (χ0n) is 12.7. The minimum Gasteiger partial charge on any atom is -0.390 e. The van der Waals surface area contributed by atoms with Crippen LogP contribution in [-0.4, -0.2) is 41.1 Å². The van der Waals surface area contributed by atoms with Crippen LogP contribution in [0.2, 0.25) is 0 Å². The summed E-state index contributed by atoms with van der Waals surface area (Å²) in [5.74, 6) is -0.0464. The lowest BCUT2D eigenvalue weighted by Crippen LogP contribution is -2.39. The predicted molar refractivity (Wildman–Crippen MR) is 88.8 cm³/mol. The van der Waals surface area contributed by atoms with E-state index in [4.69, 9.17) is 5.73 Å². The Morgan fingerprint density at radius 2 is 2.14 bits per heavy atom. The zero-order chi connectivity index (χ0) is 15.6. The average molecular weight is 329 g/mol. The Bertz CT molecular complexity index is 503. The quantitative estimate of drug-likeness (QED) is 0.723. The van der Waals surface area contributed by atoms with Crippen LogP contribution in [0.1, 0.15) is 37.0 Å². The van der Waals surface area contributed by atoms with Gasteiger partial charge in [0.2, 0.25) is 0 Å². The van der Waals surface area contributed by atoms with Gasteiger partial charge >= 0.3 is 0 Å². The maximum Gasteiger partial charge on any atom is 0.251 e. The summed E-state index contributed by atoms with van der Waals surface area (Å²) in [6.07, 6.45) is 1.98. The molecule has 2 heterocycles. The number of hydrogen-bond donors (Lipinski definition) is 3. The van der Waals surface area contributed by atoms with Gasteiger partial charge in [0.25, 0.3) is 5.91 Å². The third-order valence-electron chi connectivity index (χ3n) is 3.87. The summed E-state index contributed by atoms with van der Waals surface area (Å²) < 4.78 is 3.35. The number of nitrogens with zero attached hydrogens (tertiary/aromatic N) is 1. The minimum absolute atomic E-state index is 0.353. The number of carbonyl (C=O) groups excluding carboxylic acids is 1. The van der Waals surface area contributed by atoms with Gasteiger partial charge in [-0.15, -0.1) is 11.3 Å². The maximum atomic E-state index is 11.4. The number of amides is 1. The van der Waals surface area contributed by atoms with Crippen molar-refractivity contribution in [3.05, 3.63) is 11.6 Å². The number of nitrogens with one attached hydrogen (secondary N) is 1. The number of nitrogens with two attached hydrogens (primary N) is 1. The van der Waals surface area contributed by atoms with Crippen molar-refractivity contribution in [1.82, 2.24) is 4.31 Å². The molecule has 118 valence electrons. The number of anilines is 1. The van der Waals surface area contributed by atoms with E-state index in [-0.39, 0.29) is 0 Å². The van der Waals surface area contributed by atoms with Gasteiger partial charge in [0.15, 0.2) is 0 Å². The first-order valence-corrected chi connectivity index (χ1v) is 8.67. The van der Waals surface area contributed by atoms with Crippen LogP contribution in [-0.2, 0) is 0 Å². The second-order valence-electron chi connectivity index (χ2n) is 5.87. The van der Waals surface area contributed by atoms with Crippen molar-refractivity contribution in [1.29, 1.82) is 0 Å². The molecule has 7 heteroatoms. The first kappa shape index (κ1) is 16.6. The standard InChI is InChI=1S/C14H23N3O2S2/c1-14(2,19)9-4-6-17(7-5-9)21-11-8-10(12(15)18)13(16-3)20-11/h8-9,16,19H,4-7H2,1-3H3,(H2,15,18). The minimum atomic E-state index is -0.599. The molecule has 0 aromatic carbocycles. The summed E-state index contributed by atoms with van der Waals surface area (Å²) in [7, 11) is 1.79. The molecule has 5 nitrogen and oxygen atoms in total. The fraction of sp³-hybridized carbons (Fsp3) is 0.643. The molecule has 1 aliphatic heterocycles. The van der Waals surface area contributed by atoms with Crippen LogP contribution >= 0.6 is 23.3 Å². The van der Waals surface area contributed by atoms with Gasteiger partial charge in [-0.3, -0.25) is 4.79 Å². The summed E-state index contributed by atoms with van der Waals surface area (Å²) in [4.78, 5) is 11.4. The Kier molecular flexibility index (Phi) is 5.19. The first-order chi connectivity index (χ1) is 9.81. The fourth-order valence-corrected chi connectivity index (χ4v) is 4.85. The van der Waals surface area contributed by atoms with Crippen LogP contribution in [0.5, 0.6) is 0 Å². The molecule has 0 atom stereocenters. The molecule has 21 heavy (non-hydrogen) atoms. The highest BCUT2D eigenvalue weighted by Gasteiger charge is 2.31. The monoisotopic (exact) mass is 329 g/mol. The lowest BCUT2D eigenvalue weighted by molar-refractivity contribution is -0.00284. The number of aliphatic hydroxyl groups is 1. The van der Waals surface area contributed by atoms with Crippen LogP contribution in [0.4, 0.5) is 5.00 Å². The van der Waals surface area contributed by atoms with Crippen molar-refractivity contribution in [3.8, 4) is 0 Å². The Hall–Kier alpha value is -0.760. The van der Waals surface area contributed by atoms with E-state index in [1.54, 1.807) is 30.3 Å². The molecule has 1 aliphatic rings. The third kappa shape index (κ3) is 4.12. The summed E-state index contributed by atoms with van der Waals surface area (Å²) in [5, 5.41) is 13.9. The Morgan fingerprint density at radius 3 is 2.57 bits per heavy atom. The highest BCUT2D eigenvalue weighted by atomic mass is 32.2. The molecule has 2 rings (SSSR count). The van der Waals surface area contributed by atoms with Crippen molar-refractivity contribution < 1.29 is 9.90 Å². The molecule has 1 aromatic heterocycles. The van der Waals surface area contributed by atoms with E-state index < -0.39 is 11.5 Å². The molecule has 0 bridgehead atoms. The number of hydrogen-bond acceptors (Lipinski definition) is 6. The second kappa shape index (κ2) is 6.56. The summed E-state index contributed by atoms with van der Waals surface area (Å²) >= 11 is 3.22. The molecular formula is C14H23N3O2S2. The van der Waals surface area contributed by atoms with Gasteiger partial charge in [-0.1, -0.05) is 0 Å². The van der Waals surface area contributed by atoms with Crippen LogP contribution in [0.15, 0.2) is 10.3 Å². The molecule has 0 spiro atoms. The first-order valence-electron chi connectivity index (χ1n) is 7.08. The lowest BCUT2D eigenvalue weighted by atomic mass is 9.84. The number of primary amides is 1. The summed E-state index contributed by atoms with van der Waals surface area (Å²) in [5.41, 5.74) is 5.33. The van der Waals surface area contributed by atoms with Crippen molar-refractivity contribution in [2.75, 3.05) is 25.5 Å². The number of rotatable bonds is 5. The van der Waals surface area contributed by atoms with E-state index in [0.717, 1.165) is 35.1 Å². The van der Waals surface area contributed by atoms with Crippen LogP contribution < -0.4 is 11.1 Å². The smallest absolute Gasteiger partial charge is 0.251 e. The lowest BCUT2D eigenvalue weighted by Gasteiger charge is -2.36. The van der Waals surface area contributed by atoms with E-state index >= 15 is 0 Å². The molecule has 1 aromatic rings. The highest BCUT2D eigenvalue weighted by molar-refractivity contribution is 7.99. The van der Waals surface area contributed by atoms with Crippen molar-refractivity contribution in [2.45, 2.75) is 36.5 Å². The van der Waals surface area contributed by atoms with E-state index in [9.17, 15) is 9.90 Å². The number of thiophene rings is 1. The van der Waals surface area contributed by atoms with Gasteiger partial charge < -0.3 is 16.2 Å². The zero-order valence-corrected chi connectivity index (χ0v) is 14.3. The Balaban J connectivity index is 1.96. The van der Waals surface area contributed by atoms with E-state index in [0.29, 0.717) is 11.5 Å². The number of carbonyl (C=O) groups is 1. The largest absolute Gasteiger partial charge is 0.390 e. The SMILES string of the molecule is CNc1sc(SN2CCC(C(C)(C)O)CC2)cc1C(N)=O. The van der Waals surface area contributed by atoms with Gasteiger partial charge in [-0.2, -0.15) is 0 Å². The van der Waals surface area contributed by atoms with Crippen molar-refractivity contribution in [2.24, 2.45) is 11.7 Å². The normalized spacial score (nSPS) is 17.9.